The zero-order valence-corrected chi connectivity index (χ0v) is 20.3. The fourth-order valence-electron chi connectivity index (χ4n) is 5.71. The number of piperidine rings is 1. The number of hydrogen-bond donors (Lipinski definition) is 1. The molecule has 35 heavy (non-hydrogen) atoms. The summed E-state index contributed by atoms with van der Waals surface area (Å²) in [6.45, 7) is 5.90. The molecule has 2 atom stereocenters. The van der Waals surface area contributed by atoms with Crippen LogP contribution in [0.4, 0.5) is 4.79 Å². The quantitative estimate of drug-likeness (QED) is 0.670. The van der Waals surface area contributed by atoms with E-state index in [0.29, 0.717) is 38.1 Å². The predicted molar refractivity (Wildman–Crippen MR) is 130 cm³/mol. The Kier molecular flexibility index (Phi) is 6.32. The summed E-state index contributed by atoms with van der Waals surface area (Å²) >= 11 is 0. The van der Waals surface area contributed by atoms with E-state index in [2.05, 4.69) is 10.3 Å². The minimum atomic E-state index is -1.18. The fourth-order valence-corrected chi connectivity index (χ4v) is 5.71. The highest BCUT2D eigenvalue weighted by molar-refractivity contribution is 6.07. The number of rotatable bonds is 5. The summed E-state index contributed by atoms with van der Waals surface area (Å²) in [5.74, 6) is -0.382. The summed E-state index contributed by atoms with van der Waals surface area (Å²) in [5.41, 5.74) is 2.23. The molecule has 1 aromatic heterocycles. The lowest BCUT2D eigenvalue weighted by molar-refractivity contribution is -0.135. The van der Waals surface area contributed by atoms with E-state index >= 15 is 0 Å². The van der Waals surface area contributed by atoms with Crippen LogP contribution in [0.15, 0.2) is 42.7 Å². The van der Waals surface area contributed by atoms with Crippen molar-refractivity contribution in [1.29, 1.82) is 0 Å². The number of nitrogens with zero attached hydrogens (tertiary/aromatic N) is 3. The normalized spacial score (nSPS) is 25.3. The molecule has 184 valence electrons. The highest BCUT2D eigenvalue weighted by Gasteiger charge is 2.57. The first-order chi connectivity index (χ1) is 16.9. The number of aryl methyl sites for hydroxylation is 2. The van der Waals surface area contributed by atoms with Crippen LogP contribution in [0, 0.1) is 19.8 Å². The number of urea groups is 1. The van der Waals surface area contributed by atoms with E-state index in [1.54, 1.807) is 18.5 Å². The van der Waals surface area contributed by atoms with Gasteiger partial charge in [-0.05, 0) is 63.1 Å². The maximum absolute atomic E-state index is 13.9. The molecule has 2 unspecified atom stereocenters. The van der Waals surface area contributed by atoms with Gasteiger partial charge in [0.2, 0.25) is 0 Å². The number of imide groups is 1. The average molecular weight is 477 g/mol. The molecule has 1 aromatic carbocycles. The van der Waals surface area contributed by atoms with E-state index in [1.807, 2.05) is 43.0 Å². The predicted octanol–water partition coefficient (Wildman–Crippen LogP) is 3.18. The molecule has 4 amide bonds. The molecule has 0 radical (unpaired) electrons. The van der Waals surface area contributed by atoms with Crippen LogP contribution in [0.5, 0.6) is 0 Å². The van der Waals surface area contributed by atoms with Gasteiger partial charge in [0.1, 0.15) is 0 Å². The van der Waals surface area contributed by atoms with Crippen LogP contribution in [0.25, 0.3) is 0 Å². The van der Waals surface area contributed by atoms with Crippen molar-refractivity contribution in [3.8, 4) is 0 Å². The Morgan fingerprint density at radius 2 is 1.97 bits per heavy atom. The first-order valence-corrected chi connectivity index (χ1v) is 12.4. The molecule has 8 heteroatoms. The summed E-state index contributed by atoms with van der Waals surface area (Å²) in [6.07, 6.45) is 6.20. The van der Waals surface area contributed by atoms with Crippen molar-refractivity contribution in [2.45, 2.75) is 51.2 Å². The molecular weight excluding hydrogens is 444 g/mol. The topological polar surface area (TPSA) is 91.8 Å². The van der Waals surface area contributed by atoms with Crippen molar-refractivity contribution in [1.82, 2.24) is 20.1 Å². The van der Waals surface area contributed by atoms with E-state index in [9.17, 15) is 14.4 Å². The second-order valence-corrected chi connectivity index (χ2v) is 9.92. The van der Waals surface area contributed by atoms with Crippen LogP contribution in [-0.2, 0) is 15.1 Å². The highest BCUT2D eigenvalue weighted by Crippen LogP contribution is 2.41. The number of amides is 4. The number of nitrogens with one attached hydrogen (secondary N) is 1. The van der Waals surface area contributed by atoms with Crippen LogP contribution >= 0.6 is 0 Å². The van der Waals surface area contributed by atoms with Crippen LogP contribution in [0.1, 0.15) is 52.7 Å². The third-order valence-corrected chi connectivity index (χ3v) is 7.68. The maximum atomic E-state index is 13.9. The van der Waals surface area contributed by atoms with E-state index in [-0.39, 0.29) is 36.4 Å². The molecule has 8 nitrogen and oxygen atoms in total. The van der Waals surface area contributed by atoms with Gasteiger partial charge in [0, 0.05) is 43.2 Å². The average Bonchev–Trinajstić information content (AvgIpc) is 3.48. The van der Waals surface area contributed by atoms with Crippen LogP contribution in [0.2, 0.25) is 0 Å². The van der Waals surface area contributed by atoms with Gasteiger partial charge in [-0.25, -0.2) is 4.79 Å². The monoisotopic (exact) mass is 476 g/mol. The summed E-state index contributed by atoms with van der Waals surface area (Å²) in [4.78, 5) is 47.7. The molecule has 1 N–H and O–H groups in total. The van der Waals surface area contributed by atoms with Gasteiger partial charge < -0.3 is 15.0 Å². The number of benzene rings is 1. The molecule has 5 rings (SSSR count). The van der Waals surface area contributed by atoms with E-state index in [1.165, 1.54) is 4.90 Å². The van der Waals surface area contributed by atoms with Gasteiger partial charge in [0.15, 0.2) is 5.54 Å². The largest absolute Gasteiger partial charge is 0.376 e. The Morgan fingerprint density at radius 3 is 2.66 bits per heavy atom. The van der Waals surface area contributed by atoms with Gasteiger partial charge in [0.05, 0.1) is 12.6 Å². The standard InChI is InChI=1S/C27H32N4O4/c1-18-7-8-19(2)23(15-18)24(32)30-12-9-20(10-13-30)27(21-5-3-11-28-16-21)25(33)31(26(34)29-27)17-22-6-4-14-35-22/h3,5,7-8,11,15-16,20,22H,4,6,9-10,12-14,17H2,1-2H3,(H,29,34). The number of carbonyl (C=O) groups is 3. The molecule has 3 aliphatic heterocycles. The molecular formula is C27H32N4O4. The van der Waals surface area contributed by atoms with Crippen LogP contribution < -0.4 is 5.32 Å². The van der Waals surface area contributed by atoms with Crippen molar-refractivity contribution in [2.75, 3.05) is 26.2 Å². The molecule has 0 saturated carbocycles. The summed E-state index contributed by atoms with van der Waals surface area (Å²) in [5, 5.41) is 3.06. The van der Waals surface area contributed by atoms with Gasteiger partial charge in [-0.2, -0.15) is 0 Å². The van der Waals surface area contributed by atoms with Crippen LogP contribution in [0.3, 0.4) is 0 Å². The second kappa shape index (κ2) is 9.41. The van der Waals surface area contributed by atoms with Crippen molar-refractivity contribution < 1.29 is 19.1 Å². The molecule has 3 aliphatic rings. The Labute approximate surface area is 205 Å². The number of carbonyl (C=O) groups excluding carboxylic acids is 3. The molecule has 0 spiro atoms. The van der Waals surface area contributed by atoms with Gasteiger partial charge in [-0.15, -0.1) is 0 Å². The molecule has 0 aliphatic carbocycles. The zero-order valence-electron chi connectivity index (χ0n) is 20.3. The van der Waals surface area contributed by atoms with Crippen molar-refractivity contribution >= 4 is 17.8 Å². The maximum Gasteiger partial charge on any atom is 0.325 e. The van der Waals surface area contributed by atoms with Crippen molar-refractivity contribution in [3.63, 3.8) is 0 Å². The third kappa shape index (κ3) is 4.20. The number of likely N-dealkylation sites (tertiary alicyclic amines) is 1. The Bertz CT molecular complexity index is 1120. The smallest absolute Gasteiger partial charge is 0.325 e. The number of pyridine rings is 1. The summed E-state index contributed by atoms with van der Waals surface area (Å²) < 4.78 is 5.70. The van der Waals surface area contributed by atoms with Crippen molar-refractivity contribution in [3.05, 3.63) is 65.0 Å². The first-order valence-electron chi connectivity index (χ1n) is 12.4. The van der Waals surface area contributed by atoms with Crippen LogP contribution in [-0.4, -0.2) is 65.0 Å². The lowest BCUT2D eigenvalue weighted by Gasteiger charge is -2.41. The Balaban J connectivity index is 1.39. The number of aromatic nitrogens is 1. The lowest BCUT2D eigenvalue weighted by Crippen LogP contribution is -2.54. The van der Waals surface area contributed by atoms with Gasteiger partial charge in [0.25, 0.3) is 11.8 Å². The Hall–Kier alpha value is -3.26. The van der Waals surface area contributed by atoms with Gasteiger partial charge in [-0.3, -0.25) is 19.5 Å². The summed E-state index contributed by atoms with van der Waals surface area (Å²) in [6, 6.07) is 9.18. The molecule has 4 heterocycles. The fraction of sp³-hybridized carbons (Fsp3) is 0.481. The minimum Gasteiger partial charge on any atom is -0.376 e. The van der Waals surface area contributed by atoms with E-state index in [4.69, 9.17) is 4.74 Å². The molecule has 0 bridgehead atoms. The zero-order chi connectivity index (χ0) is 24.6. The first kappa shape index (κ1) is 23.5. The second-order valence-electron chi connectivity index (χ2n) is 9.92. The molecule has 3 fully saturated rings. The molecule has 3 saturated heterocycles. The molecule has 2 aromatic rings. The lowest BCUT2D eigenvalue weighted by atomic mass is 9.73. The van der Waals surface area contributed by atoms with Gasteiger partial charge >= 0.3 is 6.03 Å². The Morgan fingerprint density at radius 1 is 1.17 bits per heavy atom. The minimum absolute atomic E-state index is 0.0156. The number of hydrogen-bond acceptors (Lipinski definition) is 5. The van der Waals surface area contributed by atoms with E-state index in [0.717, 1.165) is 29.5 Å². The SMILES string of the molecule is Cc1ccc(C)c(C(=O)N2CCC(C3(c4cccnc4)NC(=O)N(CC4CCCO4)C3=O)CC2)c1. The highest BCUT2D eigenvalue weighted by atomic mass is 16.5. The van der Waals surface area contributed by atoms with E-state index < -0.39 is 5.54 Å². The number of ether oxygens (including phenoxy) is 1. The van der Waals surface area contributed by atoms with Gasteiger partial charge in [-0.1, -0.05) is 23.8 Å². The van der Waals surface area contributed by atoms with Crippen molar-refractivity contribution in [2.24, 2.45) is 5.92 Å². The summed E-state index contributed by atoms with van der Waals surface area (Å²) in [7, 11) is 0. The third-order valence-electron chi connectivity index (χ3n) is 7.68.